The quantitative estimate of drug-likeness (QED) is 0.619. The number of nitrogens with zero attached hydrogens (tertiary/aromatic N) is 1. The number of ketones is 1. The zero-order valence-electron chi connectivity index (χ0n) is 10.3. The van der Waals surface area contributed by atoms with Crippen molar-refractivity contribution in [3.05, 3.63) is 75.5 Å². The number of hydrogen-bond acceptors (Lipinski definition) is 2. The predicted octanol–water partition coefficient (Wildman–Crippen LogP) is 4.88. The van der Waals surface area contributed by atoms with E-state index in [2.05, 4.69) is 20.9 Å². The number of carbonyl (C=O) groups excluding carboxylic acids is 1. The topological polar surface area (TPSA) is 30.0 Å². The molecule has 2 aromatic carbocycles. The zero-order chi connectivity index (χ0) is 14.1. The van der Waals surface area contributed by atoms with Crippen molar-refractivity contribution in [2.75, 3.05) is 0 Å². The molecular formula is C16H9BrClNO. The number of aromatic nitrogens is 1. The van der Waals surface area contributed by atoms with E-state index >= 15 is 0 Å². The van der Waals surface area contributed by atoms with Gasteiger partial charge in [0.05, 0.1) is 5.02 Å². The average molecular weight is 347 g/mol. The Hall–Kier alpha value is -1.71. The third kappa shape index (κ3) is 2.35. The van der Waals surface area contributed by atoms with Crippen molar-refractivity contribution in [2.24, 2.45) is 0 Å². The first-order valence-electron chi connectivity index (χ1n) is 5.99. The number of carbonyl (C=O) groups is 1. The van der Waals surface area contributed by atoms with Gasteiger partial charge in [-0.15, -0.1) is 0 Å². The maximum absolute atomic E-state index is 12.7. The van der Waals surface area contributed by atoms with Gasteiger partial charge in [0.1, 0.15) is 0 Å². The van der Waals surface area contributed by atoms with Gasteiger partial charge in [-0.1, -0.05) is 45.7 Å². The van der Waals surface area contributed by atoms with Crippen molar-refractivity contribution in [1.82, 2.24) is 4.98 Å². The molecule has 0 atom stereocenters. The maximum Gasteiger partial charge on any atom is 0.195 e. The van der Waals surface area contributed by atoms with Crippen LogP contribution < -0.4 is 0 Å². The summed E-state index contributed by atoms with van der Waals surface area (Å²) in [6.45, 7) is 0. The Kier molecular flexibility index (Phi) is 3.55. The molecule has 0 aliphatic carbocycles. The van der Waals surface area contributed by atoms with Crippen LogP contribution in [-0.4, -0.2) is 10.8 Å². The Morgan fingerprint density at radius 3 is 2.80 bits per heavy atom. The summed E-state index contributed by atoms with van der Waals surface area (Å²) in [5, 5.41) is 2.26. The van der Waals surface area contributed by atoms with Crippen LogP contribution in [0.5, 0.6) is 0 Å². The third-order valence-electron chi connectivity index (χ3n) is 3.10. The highest BCUT2D eigenvalue weighted by Crippen LogP contribution is 2.26. The van der Waals surface area contributed by atoms with Gasteiger partial charge in [0.15, 0.2) is 5.78 Å². The molecule has 2 nitrogen and oxygen atoms in total. The highest BCUT2D eigenvalue weighted by molar-refractivity contribution is 9.10. The highest BCUT2D eigenvalue weighted by Gasteiger charge is 2.15. The summed E-state index contributed by atoms with van der Waals surface area (Å²) in [6.07, 6.45) is 3.43. The fourth-order valence-corrected chi connectivity index (χ4v) is 2.70. The minimum Gasteiger partial charge on any atom is -0.289 e. The molecular weight excluding hydrogens is 338 g/mol. The molecule has 0 saturated carbocycles. The molecule has 3 rings (SSSR count). The lowest BCUT2D eigenvalue weighted by Gasteiger charge is -2.07. The van der Waals surface area contributed by atoms with Crippen LogP contribution in [0.25, 0.3) is 10.8 Å². The lowest BCUT2D eigenvalue weighted by atomic mass is 9.98. The van der Waals surface area contributed by atoms with E-state index in [-0.39, 0.29) is 5.78 Å². The van der Waals surface area contributed by atoms with Gasteiger partial charge >= 0.3 is 0 Å². The normalized spacial score (nSPS) is 10.7. The second-order valence-corrected chi connectivity index (χ2v) is 5.68. The molecule has 0 amide bonds. The van der Waals surface area contributed by atoms with Gasteiger partial charge in [-0.05, 0) is 29.7 Å². The minimum absolute atomic E-state index is 0.0897. The molecule has 1 aromatic heterocycles. The van der Waals surface area contributed by atoms with Gasteiger partial charge < -0.3 is 0 Å². The van der Waals surface area contributed by atoms with Gasteiger partial charge in [-0.3, -0.25) is 9.78 Å². The fraction of sp³-hybridized carbons (Fsp3) is 0. The summed E-state index contributed by atoms with van der Waals surface area (Å²) < 4.78 is 0.826. The minimum atomic E-state index is -0.0897. The standard InChI is InChI=1S/C16H9BrClNO/c17-11-4-5-15(18)14(8-11)16(20)13-3-1-2-10-9-19-7-6-12(10)13/h1-9H. The van der Waals surface area contributed by atoms with Crippen LogP contribution in [0.15, 0.2) is 59.3 Å². The van der Waals surface area contributed by atoms with Crippen molar-refractivity contribution in [3.63, 3.8) is 0 Å². The largest absolute Gasteiger partial charge is 0.289 e. The van der Waals surface area contributed by atoms with Crippen LogP contribution in [-0.2, 0) is 0 Å². The third-order valence-corrected chi connectivity index (χ3v) is 3.92. The van der Waals surface area contributed by atoms with E-state index in [0.29, 0.717) is 16.1 Å². The van der Waals surface area contributed by atoms with Crippen molar-refractivity contribution in [1.29, 1.82) is 0 Å². The Bertz CT molecular complexity index is 811. The van der Waals surface area contributed by atoms with Crippen LogP contribution >= 0.6 is 27.5 Å². The van der Waals surface area contributed by atoms with Crippen LogP contribution in [0.3, 0.4) is 0 Å². The number of pyridine rings is 1. The predicted molar refractivity (Wildman–Crippen MR) is 84.3 cm³/mol. The first-order valence-corrected chi connectivity index (χ1v) is 7.16. The molecule has 0 N–H and O–H groups in total. The zero-order valence-corrected chi connectivity index (χ0v) is 12.6. The average Bonchev–Trinajstić information content (AvgIpc) is 2.48. The maximum atomic E-state index is 12.7. The Labute approximate surface area is 129 Å². The van der Waals surface area contributed by atoms with E-state index < -0.39 is 0 Å². The molecule has 0 fully saturated rings. The molecule has 0 aliphatic heterocycles. The Morgan fingerprint density at radius 2 is 1.95 bits per heavy atom. The summed E-state index contributed by atoms with van der Waals surface area (Å²) in [7, 11) is 0. The van der Waals surface area contributed by atoms with Gasteiger partial charge in [-0.25, -0.2) is 0 Å². The number of rotatable bonds is 2. The molecule has 1 heterocycles. The summed E-state index contributed by atoms with van der Waals surface area (Å²) in [4.78, 5) is 16.8. The smallest absolute Gasteiger partial charge is 0.195 e. The molecule has 4 heteroatoms. The number of benzene rings is 2. The van der Waals surface area contributed by atoms with Crippen LogP contribution in [0.4, 0.5) is 0 Å². The highest BCUT2D eigenvalue weighted by atomic mass is 79.9. The van der Waals surface area contributed by atoms with Crippen LogP contribution in [0, 0.1) is 0 Å². The first-order chi connectivity index (χ1) is 9.66. The van der Waals surface area contributed by atoms with Crippen molar-refractivity contribution in [2.45, 2.75) is 0 Å². The van der Waals surface area contributed by atoms with Crippen molar-refractivity contribution >= 4 is 44.1 Å². The van der Waals surface area contributed by atoms with Crippen molar-refractivity contribution in [3.8, 4) is 0 Å². The van der Waals surface area contributed by atoms with E-state index in [1.165, 1.54) is 0 Å². The summed E-state index contributed by atoms with van der Waals surface area (Å²) in [6, 6.07) is 12.7. The number of hydrogen-bond donors (Lipinski definition) is 0. The van der Waals surface area contributed by atoms with E-state index in [4.69, 9.17) is 11.6 Å². The second-order valence-electron chi connectivity index (χ2n) is 4.36. The number of fused-ring (bicyclic) bond motifs is 1. The van der Waals surface area contributed by atoms with E-state index in [0.717, 1.165) is 15.2 Å². The summed E-state index contributed by atoms with van der Waals surface area (Å²) in [5.74, 6) is -0.0897. The molecule has 0 aliphatic rings. The summed E-state index contributed by atoms with van der Waals surface area (Å²) in [5.41, 5.74) is 1.12. The van der Waals surface area contributed by atoms with Gasteiger partial charge in [0, 0.05) is 33.4 Å². The molecule has 0 spiro atoms. The fourth-order valence-electron chi connectivity index (χ4n) is 2.14. The second kappa shape index (κ2) is 5.35. The molecule has 0 unspecified atom stereocenters. The first kappa shape index (κ1) is 13.3. The Balaban J connectivity index is 2.20. The molecule has 0 radical (unpaired) electrons. The molecule has 98 valence electrons. The SMILES string of the molecule is O=C(c1cc(Br)ccc1Cl)c1cccc2cnccc12. The Morgan fingerprint density at radius 1 is 1.10 bits per heavy atom. The van der Waals surface area contributed by atoms with Gasteiger partial charge in [0.2, 0.25) is 0 Å². The van der Waals surface area contributed by atoms with Crippen molar-refractivity contribution < 1.29 is 4.79 Å². The monoisotopic (exact) mass is 345 g/mol. The van der Waals surface area contributed by atoms with Crippen LogP contribution in [0.1, 0.15) is 15.9 Å². The van der Waals surface area contributed by atoms with Gasteiger partial charge in [0.25, 0.3) is 0 Å². The molecule has 0 saturated heterocycles. The molecule has 0 bridgehead atoms. The lowest BCUT2D eigenvalue weighted by molar-refractivity contribution is 0.104. The molecule has 3 aromatic rings. The lowest BCUT2D eigenvalue weighted by Crippen LogP contribution is -2.03. The van der Waals surface area contributed by atoms with Crippen LogP contribution in [0.2, 0.25) is 5.02 Å². The van der Waals surface area contributed by atoms with Gasteiger partial charge in [-0.2, -0.15) is 0 Å². The molecule has 20 heavy (non-hydrogen) atoms. The van der Waals surface area contributed by atoms with E-state index in [1.807, 2.05) is 30.3 Å². The number of halogens is 2. The van der Waals surface area contributed by atoms with E-state index in [9.17, 15) is 4.79 Å². The van der Waals surface area contributed by atoms with E-state index in [1.54, 1.807) is 24.5 Å². The summed E-state index contributed by atoms with van der Waals surface area (Å²) >= 11 is 9.50.